The van der Waals surface area contributed by atoms with Crippen LogP contribution in [0.2, 0.25) is 0 Å². The number of aromatic nitrogens is 3. The van der Waals surface area contributed by atoms with Gasteiger partial charge in [-0.15, -0.1) is 11.3 Å². The van der Waals surface area contributed by atoms with Gasteiger partial charge in [0.05, 0.1) is 5.69 Å². The van der Waals surface area contributed by atoms with E-state index in [0.717, 1.165) is 47.2 Å². The van der Waals surface area contributed by atoms with Gasteiger partial charge in [-0.25, -0.2) is 9.78 Å². The van der Waals surface area contributed by atoms with Crippen LogP contribution in [0.25, 0.3) is 15.9 Å². The number of pyridine rings is 1. The molecule has 1 aliphatic carbocycles. The Bertz CT molecular complexity index is 1350. The summed E-state index contributed by atoms with van der Waals surface area (Å²) in [5, 5.41) is 3.32. The Morgan fingerprint density at radius 2 is 1.90 bits per heavy atom. The molecule has 3 aromatic heterocycles. The van der Waals surface area contributed by atoms with E-state index < -0.39 is 11.4 Å². The van der Waals surface area contributed by atoms with Gasteiger partial charge in [-0.1, -0.05) is 30.5 Å². The molecule has 0 aliphatic heterocycles. The molecule has 0 unspecified atom stereocenters. The lowest BCUT2D eigenvalue weighted by Gasteiger charge is -2.12. The number of ketones is 1. The van der Waals surface area contributed by atoms with Crippen LogP contribution in [0.4, 0.5) is 5.69 Å². The van der Waals surface area contributed by atoms with Crippen LogP contribution in [0.1, 0.15) is 57.9 Å². The highest BCUT2D eigenvalue weighted by Gasteiger charge is 2.34. The number of rotatable bonds is 3. The summed E-state index contributed by atoms with van der Waals surface area (Å²) in [6.45, 7) is 1.97. The van der Waals surface area contributed by atoms with E-state index in [0.29, 0.717) is 16.3 Å². The van der Waals surface area contributed by atoms with Crippen LogP contribution >= 0.6 is 11.3 Å². The summed E-state index contributed by atoms with van der Waals surface area (Å²) in [4.78, 5) is 31.7. The number of H-pyrrole nitrogens is 1. The van der Waals surface area contributed by atoms with Crippen LogP contribution in [0.3, 0.4) is 0 Å². The molecular weight excluding hydrogens is 412 g/mol. The van der Waals surface area contributed by atoms with Crippen molar-refractivity contribution in [1.82, 2.24) is 10.3 Å². The van der Waals surface area contributed by atoms with Crippen LogP contribution in [-0.4, -0.2) is 16.0 Å². The van der Waals surface area contributed by atoms with Crippen molar-refractivity contribution in [2.24, 2.45) is 0 Å². The van der Waals surface area contributed by atoms with E-state index in [9.17, 15) is 9.59 Å². The fraction of sp³-hybridized carbons (Fsp3) is 0.304. The van der Waals surface area contributed by atoms with Gasteiger partial charge in [-0.2, -0.15) is 0 Å². The molecule has 4 aromatic rings. The third-order valence-corrected chi connectivity index (χ3v) is 6.97. The molecule has 1 aliphatic rings. The third-order valence-electron chi connectivity index (χ3n) is 5.86. The van der Waals surface area contributed by atoms with Gasteiger partial charge in [-0.05, 0) is 54.2 Å². The summed E-state index contributed by atoms with van der Waals surface area (Å²) in [6, 6.07) is 9.50. The fourth-order valence-corrected chi connectivity index (χ4v) is 5.17. The highest BCUT2D eigenvalue weighted by atomic mass is 32.1. The average molecular weight is 436 g/mol. The van der Waals surface area contributed by atoms with E-state index in [4.69, 9.17) is 15.2 Å². The maximum absolute atomic E-state index is 13.4. The Morgan fingerprint density at radius 1 is 1.16 bits per heavy atom. The summed E-state index contributed by atoms with van der Waals surface area (Å²) in [6.07, 6.45) is 6.63. The van der Waals surface area contributed by atoms with E-state index in [1.165, 1.54) is 34.4 Å². The molecule has 0 bridgehead atoms. The van der Waals surface area contributed by atoms with E-state index in [-0.39, 0.29) is 5.69 Å². The topological polar surface area (TPSA) is 106 Å². The van der Waals surface area contributed by atoms with Gasteiger partial charge in [0.1, 0.15) is 9.71 Å². The minimum Gasteiger partial charge on any atom is -0.397 e. The number of nitrogens with two attached hydrogens (primary N) is 1. The fourth-order valence-electron chi connectivity index (χ4n) is 4.13. The zero-order valence-electron chi connectivity index (χ0n) is 17.2. The monoisotopic (exact) mass is 435 g/mol. The van der Waals surface area contributed by atoms with Crippen LogP contribution in [0, 0.1) is 6.92 Å². The van der Waals surface area contributed by atoms with Crippen molar-refractivity contribution < 1.29 is 14.0 Å². The molecule has 0 saturated carbocycles. The number of benzene rings is 1. The second-order valence-electron chi connectivity index (χ2n) is 8.04. The van der Waals surface area contributed by atoms with Crippen molar-refractivity contribution in [2.45, 2.75) is 45.4 Å². The second-order valence-corrected chi connectivity index (χ2v) is 9.03. The predicted molar refractivity (Wildman–Crippen MR) is 119 cm³/mol. The summed E-state index contributed by atoms with van der Waals surface area (Å²) in [7, 11) is 0. The molecule has 0 spiro atoms. The van der Waals surface area contributed by atoms with Crippen LogP contribution in [0.5, 0.6) is 0 Å². The van der Waals surface area contributed by atoms with E-state index in [1.54, 1.807) is 0 Å². The van der Waals surface area contributed by atoms with Crippen molar-refractivity contribution in [3.05, 3.63) is 68.1 Å². The normalized spacial score (nSPS) is 14.2. The standard InChI is InChI=1S/C23H22N4O3S/c1-13-8-10-15(11-9-13)27-19(23(29)30-26-27)20(28)21-18(24)16-12-14-6-4-2-3-5-7-17(14)25-22(16)31-21/h8-12H,2-7H2,1H3,(H2-,24,26,28,29)/p+1. The SMILES string of the molecule is Cc1ccc(-[n+]2[nH]oc(=O)c2C(=O)c2sc3nc4c(cc3c2N)CCCCCC4)cc1. The number of nitrogens with one attached hydrogen (secondary N) is 1. The lowest BCUT2D eigenvalue weighted by molar-refractivity contribution is -0.672. The number of nitrogen functional groups attached to an aromatic ring is 1. The number of anilines is 1. The van der Waals surface area contributed by atoms with Crippen molar-refractivity contribution in [1.29, 1.82) is 0 Å². The zero-order chi connectivity index (χ0) is 21.5. The number of carbonyl (C=O) groups is 1. The molecular formula is C23H23N4O3S+. The van der Waals surface area contributed by atoms with Crippen molar-refractivity contribution in [3.8, 4) is 5.69 Å². The van der Waals surface area contributed by atoms with E-state index in [1.807, 2.05) is 31.2 Å². The molecule has 0 amide bonds. The highest BCUT2D eigenvalue weighted by Crippen LogP contribution is 2.35. The largest absolute Gasteiger partial charge is 0.439 e. The highest BCUT2D eigenvalue weighted by molar-refractivity contribution is 7.21. The first kappa shape index (κ1) is 19.7. The molecule has 8 heteroatoms. The molecule has 5 rings (SSSR count). The second kappa shape index (κ2) is 7.77. The first-order valence-corrected chi connectivity index (χ1v) is 11.3. The molecule has 0 fully saturated rings. The number of nitrogens with zero attached hydrogens (tertiary/aromatic N) is 2. The number of aryl methyl sites for hydroxylation is 3. The first-order valence-electron chi connectivity index (χ1n) is 10.5. The van der Waals surface area contributed by atoms with Gasteiger partial charge in [0.25, 0.3) is 5.78 Å². The molecule has 31 heavy (non-hydrogen) atoms. The number of aromatic amines is 1. The number of thiophene rings is 1. The average Bonchev–Trinajstić information content (AvgIpc) is 3.28. The molecule has 0 radical (unpaired) electrons. The molecule has 1 aromatic carbocycles. The Hall–Kier alpha value is -3.26. The molecule has 7 nitrogen and oxygen atoms in total. The summed E-state index contributed by atoms with van der Waals surface area (Å²) >= 11 is 1.24. The van der Waals surface area contributed by atoms with Crippen molar-refractivity contribution in [2.75, 3.05) is 5.73 Å². The Kier molecular flexibility index (Phi) is 4.94. The first-order chi connectivity index (χ1) is 15.0. The quantitative estimate of drug-likeness (QED) is 0.378. The van der Waals surface area contributed by atoms with Gasteiger partial charge in [-0.3, -0.25) is 9.32 Å². The van der Waals surface area contributed by atoms with Crippen molar-refractivity contribution in [3.63, 3.8) is 0 Å². The van der Waals surface area contributed by atoms with Crippen LogP contribution < -0.4 is 16.0 Å². The van der Waals surface area contributed by atoms with Gasteiger partial charge < -0.3 is 5.73 Å². The van der Waals surface area contributed by atoms with Gasteiger partial charge in [0, 0.05) is 23.2 Å². The summed E-state index contributed by atoms with van der Waals surface area (Å²) in [5.41, 5.74) is 9.94. The Morgan fingerprint density at radius 3 is 2.68 bits per heavy atom. The lowest BCUT2D eigenvalue weighted by atomic mass is 9.96. The van der Waals surface area contributed by atoms with Gasteiger partial charge in [0.2, 0.25) is 5.69 Å². The van der Waals surface area contributed by atoms with Gasteiger partial charge >= 0.3 is 11.3 Å². The number of carbonyl (C=O) groups excluding carboxylic acids is 1. The third kappa shape index (κ3) is 3.46. The zero-order valence-corrected chi connectivity index (χ0v) is 18.1. The predicted octanol–water partition coefficient (Wildman–Crippen LogP) is 3.63. The Balaban J connectivity index is 1.61. The minimum atomic E-state index is -0.734. The summed E-state index contributed by atoms with van der Waals surface area (Å²) in [5.74, 6) is -0.469. The molecule has 158 valence electrons. The Labute approximate surface area is 182 Å². The molecule has 3 N–H and O–H groups in total. The molecule has 0 atom stereocenters. The number of fused-ring (bicyclic) bond motifs is 2. The summed E-state index contributed by atoms with van der Waals surface area (Å²) < 4.78 is 6.32. The number of hydrogen-bond acceptors (Lipinski definition) is 6. The minimum absolute atomic E-state index is 0.111. The smallest absolute Gasteiger partial charge is 0.397 e. The van der Waals surface area contributed by atoms with E-state index in [2.05, 4.69) is 11.3 Å². The molecule has 3 heterocycles. The van der Waals surface area contributed by atoms with Gasteiger partial charge in [0.15, 0.2) is 0 Å². The maximum atomic E-state index is 13.4. The molecule has 0 saturated heterocycles. The van der Waals surface area contributed by atoms with Crippen LogP contribution in [0.15, 0.2) is 39.6 Å². The van der Waals surface area contributed by atoms with Crippen LogP contribution in [-0.2, 0) is 12.8 Å². The van der Waals surface area contributed by atoms with Crippen molar-refractivity contribution >= 4 is 33.0 Å². The maximum Gasteiger partial charge on any atom is 0.439 e. The number of hydrogen-bond donors (Lipinski definition) is 2. The van der Waals surface area contributed by atoms with E-state index >= 15 is 0 Å². The lowest BCUT2D eigenvalue weighted by Crippen LogP contribution is -2.41.